The monoisotopic (exact) mass is 275 g/mol. The molecule has 0 fully saturated rings. The number of thiophene rings is 1. The summed E-state index contributed by atoms with van der Waals surface area (Å²) >= 11 is 1.75. The van der Waals surface area contributed by atoms with Crippen LogP contribution in [0.5, 0.6) is 0 Å². The summed E-state index contributed by atoms with van der Waals surface area (Å²) in [5.41, 5.74) is 1.39. The molecule has 0 saturated heterocycles. The van der Waals surface area contributed by atoms with Gasteiger partial charge in [-0.15, -0.1) is 11.3 Å². The number of carboxylic acid groups (broad SMARTS) is 1. The molecule has 0 bridgehead atoms. The number of benzene rings is 1. The zero-order chi connectivity index (χ0) is 13.7. The first-order valence-corrected chi connectivity index (χ1v) is 7.14. The van der Waals surface area contributed by atoms with Crippen LogP contribution >= 0.6 is 11.3 Å². The average Bonchev–Trinajstić information content (AvgIpc) is 2.91. The van der Waals surface area contributed by atoms with E-state index in [0.29, 0.717) is 5.56 Å². The van der Waals surface area contributed by atoms with Crippen molar-refractivity contribution < 1.29 is 9.90 Å². The first kappa shape index (κ1) is 13.8. The van der Waals surface area contributed by atoms with Gasteiger partial charge >= 0.3 is 5.97 Å². The van der Waals surface area contributed by atoms with Gasteiger partial charge in [0.2, 0.25) is 0 Å². The number of hydrogen-bond acceptors (Lipinski definition) is 3. The van der Waals surface area contributed by atoms with Gasteiger partial charge in [0.15, 0.2) is 0 Å². The Labute approximate surface area is 117 Å². The molecule has 0 radical (unpaired) electrons. The van der Waals surface area contributed by atoms with E-state index in [1.807, 2.05) is 6.07 Å². The van der Waals surface area contributed by atoms with Gasteiger partial charge in [-0.3, -0.25) is 4.90 Å². The van der Waals surface area contributed by atoms with Crippen LogP contribution < -0.4 is 0 Å². The van der Waals surface area contributed by atoms with Crippen molar-refractivity contribution in [1.82, 2.24) is 4.90 Å². The molecule has 3 nitrogen and oxygen atoms in total. The Morgan fingerprint density at radius 2 is 2.11 bits per heavy atom. The number of carboxylic acids is 1. The van der Waals surface area contributed by atoms with E-state index in [1.165, 1.54) is 4.88 Å². The Bertz CT molecular complexity index is 537. The van der Waals surface area contributed by atoms with E-state index in [-0.39, 0.29) is 0 Å². The maximum absolute atomic E-state index is 11.0. The second kappa shape index (κ2) is 6.50. The summed E-state index contributed by atoms with van der Waals surface area (Å²) < 4.78 is 0. The molecule has 0 aliphatic carbocycles. The van der Waals surface area contributed by atoms with Crippen LogP contribution in [0.15, 0.2) is 41.8 Å². The van der Waals surface area contributed by atoms with Crippen molar-refractivity contribution in [3.63, 3.8) is 0 Å². The van der Waals surface area contributed by atoms with Crippen LogP contribution in [-0.2, 0) is 13.1 Å². The van der Waals surface area contributed by atoms with Crippen molar-refractivity contribution >= 4 is 17.3 Å². The van der Waals surface area contributed by atoms with Crippen LogP contribution in [0.25, 0.3) is 0 Å². The molecular formula is C15H17NO2S. The molecule has 1 N–H and O–H groups in total. The first-order chi connectivity index (χ1) is 9.19. The normalized spacial score (nSPS) is 10.8. The Morgan fingerprint density at radius 1 is 1.26 bits per heavy atom. The number of nitrogens with zero attached hydrogens (tertiary/aromatic N) is 1. The summed E-state index contributed by atoms with van der Waals surface area (Å²) in [5.74, 6) is -0.872. The number of carbonyl (C=O) groups is 1. The predicted octanol–water partition coefficient (Wildman–Crippen LogP) is 3.47. The molecule has 4 heteroatoms. The van der Waals surface area contributed by atoms with Crippen LogP contribution in [0.1, 0.15) is 27.7 Å². The summed E-state index contributed by atoms with van der Waals surface area (Å²) in [4.78, 5) is 14.6. The zero-order valence-corrected chi connectivity index (χ0v) is 11.7. The lowest BCUT2D eigenvalue weighted by Gasteiger charge is -2.19. The van der Waals surface area contributed by atoms with Crippen LogP contribution in [-0.4, -0.2) is 22.5 Å². The van der Waals surface area contributed by atoms with Crippen molar-refractivity contribution in [2.75, 3.05) is 6.54 Å². The van der Waals surface area contributed by atoms with Crippen molar-refractivity contribution in [3.8, 4) is 0 Å². The van der Waals surface area contributed by atoms with E-state index >= 15 is 0 Å². The SMILES string of the molecule is CCN(Cc1cccc(C(=O)O)c1)Cc1cccs1. The molecule has 2 rings (SSSR count). The van der Waals surface area contributed by atoms with Gasteiger partial charge in [-0.1, -0.05) is 25.1 Å². The number of aromatic carboxylic acids is 1. The van der Waals surface area contributed by atoms with E-state index in [9.17, 15) is 4.79 Å². The molecule has 0 aliphatic rings. The highest BCUT2D eigenvalue weighted by Gasteiger charge is 2.08. The van der Waals surface area contributed by atoms with Gasteiger partial charge in [0.25, 0.3) is 0 Å². The Hall–Kier alpha value is -1.65. The molecule has 1 aromatic heterocycles. The summed E-state index contributed by atoms with van der Waals surface area (Å²) in [6.45, 7) is 4.74. The quantitative estimate of drug-likeness (QED) is 0.877. The number of rotatable bonds is 6. The minimum Gasteiger partial charge on any atom is -0.478 e. The van der Waals surface area contributed by atoms with E-state index in [0.717, 1.165) is 25.2 Å². The number of hydrogen-bond donors (Lipinski definition) is 1. The molecule has 0 atom stereocenters. The molecule has 1 heterocycles. The lowest BCUT2D eigenvalue weighted by molar-refractivity contribution is 0.0696. The highest BCUT2D eigenvalue weighted by Crippen LogP contribution is 2.15. The standard InChI is InChI=1S/C15H17NO2S/c1-2-16(11-14-7-4-8-19-14)10-12-5-3-6-13(9-12)15(17)18/h3-9H,2,10-11H2,1H3,(H,17,18). The van der Waals surface area contributed by atoms with Crippen LogP contribution in [0.2, 0.25) is 0 Å². The second-order valence-electron chi connectivity index (χ2n) is 4.39. The summed E-state index contributed by atoms with van der Waals surface area (Å²) in [5, 5.41) is 11.1. The van der Waals surface area contributed by atoms with Crippen LogP contribution in [0, 0.1) is 0 Å². The fourth-order valence-electron chi connectivity index (χ4n) is 1.96. The first-order valence-electron chi connectivity index (χ1n) is 6.26. The maximum Gasteiger partial charge on any atom is 0.335 e. The molecule has 2 aromatic rings. The average molecular weight is 275 g/mol. The molecule has 0 unspecified atom stereocenters. The summed E-state index contributed by atoms with van der Waals surface area (Å²) in [7, 11) is 0. The molecule has 0 spiro atoms. The Kier molecular flexibility index (Phi) is 4.71. The van der Waals surface area contributed by atoms with E-state index in [2.05, 4.69) is 29.3 Å². The Morgan fingerprint density at radius 3 is 2.74 bits per heavy atom. The molecule has 0 aliphatic heterocycles. The molecule has 1 aromatic carbocycles. The van der Waals surface area contributed by atoms with Gasteiger partial charge in [0.05, 0.1) is 5.56 Å². The third-order valence-electron chi connectivity index (χ3n) is 2.99. The van der Waals surface area contributed by atoms with Gasteiger partial charge in [-0.05, 0) is 35.7 Å². The molecule has 0 saturated carbocycles. The Balaban J connectivity index is 2.05. The predicted molar refractivity (Wildman–Crippen MR) is 77.5 cm³/mol. The fourth-order valence-corrected chi connectivity index (χ4v) is 2.71. The highest BCUT2D eigenvalue weighted by atomic mass is 32.1. The smallest absolute Gasteiger partial charge is 0.335 e. The van der Waals surface area contributed by atoms with Crippen molar-refractivity contribution in [2.45, 2.75) is 20.0 Å². The lowest BCUT2D eigenvalue weighted by atomic mass is 10.1. The van der Waals surface area contributed by atoms with Gasteiger partial charge in [0.1, 0.15) is 0 Å². The minimum atomic E-state index is -0.872. The largest absolute Gasteiger partial charge is 0.478 e. The summed E-state index contributed by atoms with van der Waals surface area (Å²) in [6.07, 6.45) is 0. The molecule has 0 amide bonds. The third-order valence-corrected chi connectivity index (χ3v) is 3.85. The summed E-state index contributed by atoms with van der Waals surface area (Å²) in [6, 6.07) is 11.3. The molecule has 100 valence electrons. The topological polar surface area (TPSA) is 40.5 Å². The molecular weight excluding hydrogens is 258 g/mol. The van der Waals surface area contributed by atoms with E-state index in [4.69, 9.17) is 5.11 Å². The van der Waals surface area contributed by atoms with Crippen molar-refractivity contribution in [3.05, 3.63) is 57.8 Å². The van der Waals surface area contributed by atoms with E-state index in [1.54, 1.807) is 29.5 Å². The van der Waals surface area contributed by atoms with Crippen LogP contribution in [0.3, 0.4) is 0 Å². The molecule has 19 heavy (non-hydrogen) atoms. The second-order valence-corrected chi connectivity index (χ2v) is 5.42. The zero-order valence-electron chi connectivity index (χ0n) is 10.9. The van der Waals surface area contributed by atoms with Crippen molar-refractivity contribution in [2.24, 2.45) is 0 Å². The van der Waals surface area contributed by atoms with Crippen LogP contribution in [0.4, 0.5) is 0 Å². The fraction of sp³-hybridized carbons (Fsp3) is 0.267. The van der Waals surface area contributed by atoms with Crippen molar-refractivity contribution in [1.29, 1.82) is 0 Å². The van der Waals surface area contributed by atoms with Gasteiger partial charge in [-0.25, -0.2) is 4.79 Å². The highest BCUT2D eigenvalue weighted by molar-refractivity contribution is 7.09. The third kappa shape index (κ3) is 3.91. The van der Waals surface area contributed by atoms with Gasteiger partial charge in [0, 0.05) is 18.0 Å². The van der Waals surface area contributed by atoms with Gasteiger partial charge in [-0.2, -0.15) is 0 Å². The lowest BCUT2D eigenvalue weighted by Crippen LogP contribution is -2.21. The minimum absolute atomic E-state index is 0.352. The van der Waals surface area contributed by atoms with E-state index < -0.39 is 5.97 Å². The van der Waals surface area contributed by atoms with Gasteiger partial charge < -0.3 is 5.11 Å². The maximum atomic E-state index is 11.0.